The monoisotopic (exact) mass is 222 g/mol. The average Bonchev–Trinajstić information content (AvgIpc) is 2.18. The molecule has 0 unspecified atom stereocenters. The van der Waals surface area contributed by atoms with Gasteiger partial charge in [-0.15, -0.1) is 0 Å². The number of hydrogen-bond acceptors (Lipinski definition) is 2. The summed E-state index contributed by atoms with van der Waals surface area (Å²) in [5, 5.41) is 0. The summed E-state index contributed by atoms with van der Waals surface area (Å²) < 4.78 is 1.68. The lowest BCUT2D eigenvalue weighted by molar-refractivity contribution is 0.355. The van der Waals surface area contributed by atoms with Gasteiger partial charge in [-0.25, -0.2) is 9.78 Å². The lowest BCUT2D eigenvalue weighted by Crippen LogP contribution is -2.21. The maximum atomic E-state index is 11.3. The Morgan fingerprint density at radius 3 is 2.62 bits per heavy atom. The van der Waals surface area contributed by atoms with Gasteiger partial charge in [0.2, 0.25) is 0 Å². The van der Waals surface area contributed by atoms with Crippen LogP contribution in [0.4, 0.5) is 0 Å². The zero-order valence-electron chi connectivity index (χ0n) is 10.6. The van der Waals surface area contributed by atoms with Crippen LogP contribution in [0.1, 0.15) is 46.5 Å². The first kappa shape index (κ1) is 12.9. The number of aromatic nitrogens is 2. The molecule has 1 aromatic rings. The van der Waals surface area contributed by atoms with E-state index in [4.69, 9.17) is 0 Å². The van der Waals surface area contributed by atoms with Crippen LogP contribution in [0.15, 0.2) is 23.3 Å². The number of aryl methyl sites for hydroxylation is 1. The molecule has 3 heteroatoms. The molecule has 0 spiro atoms. The summed E-state index contributed by atoms with van der Waals surface area (Å²) in [5.74, 6) is 0. The molecule has 0 radical (unpaired) electrons. The molecule has 1 heterocycles. The lowest BCUT2D eigenvalue weighted by Gasteiger charge is -2.17. The first-order valence-corrected chi connectivity index (χ1v) is 6.00. The van der Waals surface area contributed by atoms with Crippen molar-refractivity contribution in [2.24, 2.45) is 5.41 Å². The molecule has 1 aromatic heterocycles. The van der Waals surface area contributed by atoms with Crippen molar-refractivity contribution in [3.8, 4) is 0 Å². The molecule has 0 aromatic carbocycles. The second kappa shape index (κ2) is 5.83. The van der Waals surface area contributed by atoms with Crippen molar-refractivity contribution in [1.29, 1.82) is 0 Å². The first-order chi connectivity index (χ1) is 7.49. The van der Waals surface area contributed by atoms with E-state index in [0.717, 1.165) is 13.0 Å². The fourth-order valence-electron chi connectivity index (χ4n) is 1.67. The minimum Gasteiger partial charge on any atom is -0.299 e. The van der Waals surface area contributed by atoms with Crippen molar-refractivity contribution < 1.29 is 0 Å². The van der Waals surface area contributed by atoms with Crippen LogP contribution in [0.2, 0.25) is 0 Å². The summed E-state index contributed by atoms with van der Waals surface area (Å²) in [6, 6.07) is 1.80. The average molecular weight is 222 g/mol. The predicted molar refractivity (Wildman–Crippen MR) is 66.4 cm³/mol. The minimum atomic E-state index is -0.140. The van der Waals surface area contributed by atoms with Crippen molar-refractivity contribution in [2.45, 2.75) is 53.0 Å². The molecule has 90 valence electrons. The Morgan fingerprint density at radius 1 is 1.25 bits per heavy atom. The largest absolute Gasteiger partial charge is 0.347 e. The second-order valence-electron chi connectivity index (χ2n) is 5.47. The Hall–Kier alpha value is -1.12. The van der Waals surface area contributed by atoms with Gasteiger partial charge >= 0.3 is 5.69 Å². The number of unbranched alkanes of at least 4 members (excludes halogenated alkanes) is 2. The van der Waals surface area contributed by atoms with Crippen LogP contribution >= 0.6 is 0 Å². The van der Waals surface area contributed by atoms with E-state index in [2.05, 4.69) is 25.8 Å². The van der Waals surface area contributed by atoms with E-state index in [0.29, 0.717) is 5.41 Å². The Bertz CT molecular complexity index is 363. The number of rotatable bonds is 5. The normalized spacial score (nSPS) is 11.7. The molecule has 0 N–H and O–H groups in total. The highest BCUT2D eigenvalue weighted by molar-refractivity contribution is 4.80. The summed E-state index contributed by atoms with van der Waals surface area (Å²) in [6.07, 6.45) is 8.06. The molecule has 0 saturated carbocycles. The van der Waals surface area contributed by atoms with Gasteiger partial charge in [-0.3, -0.25) is 4.57 Å². The van der Waals surface area contributed by atoms with Gasteiger partial charge in [-0.2, -0.15) is 0 Å². The zero-order valence-corrected chi connectivity index (χ0v) is 10.6. The standard InChI is InChI=1S/C13H22N2O/c1-13(2,3)8-5-4-6-10-15-11-7-9-14-12(15)16/h7,9,11H,4-6,8,10H2,1-3H3. The van der Waals surface area contributed by atoms with Crippen molar-refractivity contribution >= 4 is 0 Å². The third-order valence-corrected chi connectivity index (χ3v) is 2.61. The van der Waals surface area contributed by atoms with E-state index in [1.807, 2.05) is 0 Å². The first-order valence-electron chi connectivity index (χ1n) is 6.00. The Labute approximate surface area is 97.5 Å². The highest BCUT2D eigenvalue weighted by Gasteiger charge is 2.08. The van der Waals surface area contributed by atoms with Gasteiger partial charge in [0.1, 0.15) is 0 Å². The van der Waals surface area contributed by atoms with Crippen LogP contribution in [0.25, 0.3) is 0 Å². The van der Waals surface area contributed by atoms with Crippen molar-refractivity contribution in [3.63, 3.8) is 0 Å². The SMILES string of the molecule is CC(C)(C)CCCCCn1cccnc1=O. The Kier molecular flexibility index (Phi) is 4.71. The molecule has 0 bridgehead atoms. The summed E-state index contributed by atoms with van der Waals surface area (Å²) in [4.78, 5) is 15.0. The Morgan fingerprint density at radius 2 is 2.00 bits per heavy atom. The zero-order chi connectivity index (χ0) is 12.0. The fraction of sp³-hybridized carbons (Fsp3) is 0.692. The maximum Gasteiger partial charge on any atom is 0.347 e. The summed E-state index contributed by atoms with van der Waals surface area (Å²) >= 11 is 0. The highest BCUT2D eigenvalue weighted by atomic mass is 16.1. The third-order valence-electron chi connectivity index (χ3n) is 2.61. The van der Waals surface area contributed by atoms with Crippen LogP contribution in [0.3, 0.4) is 0 Å². The van der Waals surface area contributed by atoms with E-state index < -0.39 is 0 Å². The Balaban J connectivity index is 2.22. The maximum absolute atomic E-state index is 11.3. The topological polar surface area (TPSA) is 34.9 Å². The van der Waals surface area contributed by atoms with Crippen molar-refractivity contribution in [3.05, 3.63) is 28.9 Å². The van der Waals surface area contributed by atoms with Gasteiger partial charge in [0, 0.05) is 18.9 Å². The van der Waals surface area contributed by atoms with Crippen LogP contribution in [0, 0.1) is 5.41 Å². The number of nitrogens with zero attached hydrogens (tertiary/aromatic N) is 2. The van der Waals surface area contributed by atoms with Gasteiger partial charge in [0.05, 0.1) is 0 Å². The predicted octanol–water partition coefficient (Wildman–Crippen LogP) is 2.85. The van der Waals surface area contributed by atoms with Gasteiger partial charge in [-0.05, 0) is 24.3 Å². The molecule has 0 saturated heterocycles. The van der Waals surface area contributed by atoms with Crippen molar-refractivity contribution in [1.82, 2.24) is 9.55 Å². The summed E-state index contributed by atoms with van der Waals surface area (Å²) in [6.45, 7) is 7.58. The fourth-order valence-corrected chi connectivity index (χ4v) is 1.67. The third kappa shape index (κ3) is 5.10. The van der Waals surface area contributed by atoms with Gasteiger partial charge in [-0.1, -0.05) is 33.6 Å². The lowest BCUT2D eigenvalue weighted by atomic mass is 9.89. The van der Waals surface area contributed by atoms with E-state index in [1.165, 1.54) is 19.3 Å². The van der Waals surface area contributed by atoms with E-state index >= 15 is 0 Å². The molecule has 0 atom stereocenters. The molecule has 16 heavy (non-hydrogen) atoms. The molecule has 0 aliphatic heterocycles. The van der Waals surface area contributed by atoms with Crippen LogP contribution < -0.4 is 5.69 Å². The molecule has 0 fully saturated rings. The quantitative estimate of drug-likeness (QED) is 0.718. The van der Waals surface area contributed by atoms with Crippen LogP contribution in [-0.2, 0) is 6.54 Å². The van der Waals surface area contributed by atoms with Gasteiger partial charge < -0.3 is 0 Å². The van der Waals surface area contributed by atoms with Gasteiger partial charge in [0.15, 0.2) is 0 Å². The molecule has 0 amide bonds. The van der Waals surface area contributed by atoms with E-state index in [1.54, 1.807) is 23.0 Å². The molecular weight excluding hydrogens is 200 g/mol. The second-order valence-corrected chi connectivity index (χ2v) is 5.47. The molecule has 0 aliphatic carbocycles. The molecular formula is C13H22N2O. The number of hydrogen-bond donors (Lipinski definition) is 0. The highest BCUT2D eigenvalue weighted by Crippen LogP contribution is 2.21. The molecule has 3 nitrogen and oxygen atoms in total. The summed E-state index contributed by atoms with van der Waals surface area (Å²) in [5.41, 5.74) is 0.281. The molecule has 0 aliphatic rings. The van der Waals surface area contributed by atoms with Crippen LogP contribution in [0.5, 0.6) is 0 Å². The van der Waals surface area contributed by atoms with E-state index in [-0.39, 0.29) is 5.69 Å². The van der Waals surface area contributed by atoms with E-state index in [9.17, 15) is 4.79 Å². The van der Waals surface area contributed by atoms with Crippen LogP contribution in [-0.4, -0.2) is 9.55 Å². The van der Waals surface area contributed by atoms with Gasteiger partial charge in [0.25, 0.3) is 0 Å². The molecule has 1 rings (SSSR count). The minimum absolute atomic E-state index is 0.140. The summed E-state index contributed by atoms with van der Waals surface area (Å²) in [7, 11) is 0. The van der Waals surface area contributed by atoms with Crippen molar-refractivity contribution in [2.75, 3.05) is 0 Å². The smallest absolute Gasteiger partial charge is 0.299 e.